The zero-order valence-corrected chi connectivity index (χ0v) is 10.6. The molecule has 1 atom stereocenters. The average molecular weight is 232 g/mol. The van der Waals surface area contributed by atoms with Gasteiger partial charge in [0, 0.05) is 0 Å². The minimum absolute atomic E-state index is 0.0392. The smallest absolute Gasteiger partial charge is 0.123 e. The minimum atomic E-state index is -0.0392. The Bertz CT molecular complexity index is 374. The summed E-state index contributed by atoms with van der Waals surface area (Å²) in [4.78, 5) is 0. The zero-order chi connectivity index (χ0) is 12.1. The SMILES string of the molecule is CC/C=C/Cc1ccc(OCC2(C)CO2)cc1. The van der Waals surface area contributed by atoms with E-state index in [9.17, 15) is 0 Å². The Balaban J connectivity index is 1.82. The quantitative estimate of drug-likeness (QED) is 0.554. The molecule has 1 fully saturated rings. The highest BCUT2D eigenvalue weighted by Crippen LogP contribution is 2.26. The number of epoxide rings is 1. The number of rotatable bonds is 6. The van der Waals surface area contributed by atoms with Gasteiger partial charge in [-0.15, -0.1) is 0 Å². The van der Waals surface area contributed by atoms with Crippen LogP contribution in [0.15, 0.2) is 36.4 Å². The van der Waals surface area contributed by atoms with Gasteiger partial charge in [0.2, 0.25) is 0 Å². The lowest BCUT2D eigenvalue weighted by Crippen LogP contribution is -2.16. The Morgan fingerprint density at radius 2 is 2.00 bits per heavy atom. The van der Waals surface area contributed by atoms with Crippen molar-refractivity contribution in [2.45, 2.75) is 32.3 Å². The normalized spacial score (nSPS) is 22.9. The van der Waals surface area contributed by atoms with E-state index in [4.69, 9.17) is 9.47 Å². The Morgan fingerprint density at radius 3 is 2.59 bits per heavy atom. The Labute approximate surface area is 103 Å². The van der Waals surface area contributed by atoms with Crippen LogP contribution in [0.1, 0.15) is 25.8 Å². The van der Waals surface area contributed by atoms with E-state index < -0.39 is 0 Å². The molecular weight excluding hydrogens is 212 g/mol. The number of benzene rings is 1. The van der Waals surface area contributed by atoms with Gasteiger partial charge in [0.1, 0.15) is 18.0 Å². The number of ether oxygens (including phenoxy) is 2. The van der Waals surface area contributed by atoms with Gasteiger partial charge in [0.15, 0.2) is 0 Å². The molecule has 92 valence electrons. The highest BCUT2D eigenvalue weighted by molar-refractivity contribution is 5.28. The summed E-state index contributed by atoms with van der Waals surface area (Å²) in [5.74, 6) is 0.921. The maximum absolute atomic E-state index is 5.67. The molecule has 1 unspecified atom stereocenters. The zero-order valence-electron chi connectivity index (χ0n) is 10.6. The van der Waals surface area contributed by atoms with Crippen LogP contribution in [0.25, 0.3) is 0 Å². The molecule has 17 heavy (non-hydrogen) atoms. The molecule has 2 heteroatoms. The fourth-order valence-electron chi connectivity index (χ4n) is 1.55. The van der Waals surface area contributed by atoms with Crippen molar-refractivity contribution in [1.29, 1.82) is 0 Å². The highest BCUT2D eigenvalue weighted by Gasteiger charge is 2.40. The highest BCUT2D eigenvalue weighted by atomic mass is 16.6. The molecule has 2 rings (SSSR count). The van der Waals surface area contributed by atoms with E-state index in [1.807, 2.05) is 12.1 Å². The fourth-order valence-corrected chi connectivity index (χ4v) is 1.55. The van der Waals surface area contributed by atoms with Crippen LogP contribution in [-0.2, 0) is 11.2 Å². The first-order chi connectivity index (χ1) is 8.22. The topological polar surface area (TPSA) is 21.8 Å². The molecule has 0 aliphatic carbocycles. The predicted octanol–water partition coefficient (Wildman–Crippen LogP) is 3.36. The standard InChI is InChI=1S/C15H20O2/c1-3-4-5-6-13-7-9-14(10-8-13)16-11-15(2)12-17-15/h4-5,7-10H,3,6,11-12H2,1-2H3/b5-4+. The number of allylic oxidation sites excluding steroid dienone is 2. The lowest BCUT2D eigenvalue weighted by Gasteiger charge is -2.08. The summed E-state index contributed by atoms with van der Waals surface area (Å²) in [6.45, 7) is 5.67. The second kappa shape index (κ2) is 5.37. The van der Waals surface area contributed by atoms with Crippen molar-refractivity contribution in [2.75, 3.05) is 13.2 Å². The number of hydrogen-bond acceptors (Lipinski definition) is 2. The third kappa shape index (κ3) is 3.90. The van der Waals surface area contributed by atoms with E-state index in [-0.39, 0.29) is 5.60 Å². The first-order valence-electron chi connectivity index (χ1n) is 6.22. The van der Waals surface area contributed by atoms with Crippen molar-refractivity contribution in [3.05, 3.63) is 42.0 Å². The third-order valence-corrected chi connectivity index (χ3v) is 2.86. The molecule has 1 aromatic carbocycles. The van der Waals surface area contributed by atoms with E-state index in [0.29, 0.717) is 6.61 Å². The molecule has 1 aliphatic rings. The summed E-state index contributed by atoms with van der Waals surface area (Å²) in [6.07, 6.45) is 6.49. The summed E-state index contributed by atoms with van der Waals surface area (Å²) >= 11 is 0. The Kier molecular flexibility index (Phi) is 3.85. The number of hydrogen-bond donors (Lipinski definition) is 0. The molecule has 1 aromatic rings. The van der Waals surface area contributed by atoms with Crippen molar-refractivity contribution < 1.29 is 9.47 Å². The van der Waals surface area contributed by atoms with Gasteiger partial charge in [0.25, 0.3) is 0 Å². The summed E-state index contributed by atoms with van der Waals surface area (Å²) in [5, 5.41) is 0. The predicted molar refractivity (Wildman–Crippen MR) is 69.4 cm³/mol. The molecule has 0 N–H and O–H groups in total. The molecule has 0 bridgehead atoms. The van der Waals surface area contributed by atoms with Gasteiger partial charge < -0.3 is 9.47 Å². The van der Waals surface area contributed by atoms with E-state index >= 15 is 0 Å². The Morgan fingerprint density at radius 1 is 1.29 bits per heavy atom. The van der Waals surface area contributed by atoms with Crippen molar-refractivity contribution in [2.24, 2.45) is 0 Å². The second-order valence-corrected chi connectivity index (χ2v) is 4.75. The molecular formula is C15H20O2. The van der Waals surface area contributed by atoms with Gasteiger partial charge in [-0.3, -0.25) is 0 Å². The van der Waals surface area contributed by atoms with Gasteiger partial charge in [-0.25, -0.2) is 0 Å². The molecule has 1 saturated heterocycles. The summed E-state index contributed by atoms with van der Waals surface area (Å²) in [7, 11) is 0. The first-order valence-corrected chi connectivity index (χ1v) is 6.22. The van der Waals surface area contributed by atoms with Crippen LogP contribution in [0.5, 0.6) is 5.75 Å². The van der Waals surface area contributed by atoms with E-state index in [0.717, 1.165) is 25.2 Å². The largest absolute Gasteiger partial charge is 0.491 e. The monoisotopic (exact) mass is 232 g/mol. The van der Waals surface area contributed by atoms with Crippen LogP contribution < -0.4 is 4.74 Å². The van der Waals surface area contributed by atoms with Crippen LogP contribution in [0.3, 0.4) is 0 Å². The molecule has 1 aliphatic heterocycles. The maximum Gasteiger partial charge on any atom is 0.123 e. The molecule has 2 nitrogen and oxygen atoms in total. The van der Waals surface area contributed by atoms with Crippen LogP contribution in [0.2, 0.25) is 0 Å². The maximum atomic E-state index is 5.67. The van der Waals surface area contributed by atoms with Crippen molar-refractivity contribution in [3.63, 3.8) is 0 Å². The minimum Gasteiger partial charge on any atom is -0.491 e. The molecule has 1 heterocycles. The second-order valence-electron chi connectivity index (χ2n) is 4.75. The molecule has 0 spiro atoms. The van der Waals surface area contributed by atoms with Crippen LogP contribution in [0.4, 0.5) is 0 Å². The summed E-state index contributed by atoms with van der Waals surface area (Å²) in [6, 6.07) is 8.29. The van der Waals surface area contributed by atoms with Crippen LogP contribution in [0, 0.1) is 0 Å². The lowest BCUT2D eigenvalue weighted by molar-refractivity contribution is 0.202. The average Bonchev–Trinajstić information content (AvgIpc) is 3.07. The van der Waals surface area contributed by atoms with Gasteiger partial charge >= 0.3 is 0 Å². The molecule has 0 saturated carbocycles. The molecule has 0 aromatic heterocycles. The van der Waals surface area contributed by atoms with Crippen LogP contribution >= 0.6 is 0 Å². The van der Waals surface area contributed by atoms with Crippen molar-refractivity contribution >= 4 is 0 Å². The lowest BCUT2D eigenvalue weighted by atomic mass is 10.1. The third-order valence-electron chi connectivity index (χ3n) is 2.86. The van der Waals surface area contributed by atoms with Crippen molar-refractivity contribution in [3.8, 4) is 5.75 Å². The van der Waals surface area contributed by atoms with Gasteiger partial charge in [-0.2, -0.15) is 0 Å². The van der Waals surface area contributed by atoms with Crippen LogP contribution in [-0.4, -0.2) is 18.8 Å². The summed E-state index contributed by atoms with van der Waals surface area (Å²) < 4.78 is 10.9. The fraction of sp³-hybridized carbons (Fsp3) is 0.467. The van der Waals surface area contributed by atoms with Gasteiger partial charge in [-0.1, -0.05) is 31.2 Å². The van der Waals surface area contributed by atoms with E-state index in [1.54, 1.807) is 0 Å². The first kappa shape index (κ1) is 12.2. The summed E-state index contributed by atoms with van der Waals surface area (Å²) in [5.41, 5.74) is 1.28. The molecule has 0 radical (unpaired) electrons. The van der Waals surface area contributed by atoms with Crippen molar-refractivity contribution in [1.82, 2.24) is 0 Å². The Hall–Kier alpha value is -1.28. The van der Waals surface area contributed by atoms with Gasteiger partial charge in [-0.05, 0) is 37.5 Å². The van der Waals surface area contributed by atoms with E-state index in [1.165, 1.54) is 5.56 Å². The molecule has 0 amide bonds. The van der Waals surface area contributed by atoms with E-state index in [2.05, 4.69) is 38.1 Å². The van der Waals surface area contributed by atoms with Gasteiger partial charge in [0.05, 0.1) is 6.61 Å².